The maximum Gasteiger partial charge on any atom is 0.209 e. The summed E-state index contributed by atoms with van der Waals surface area (Å²) in [6.07, 6.45) is 2.13. The van der Waals surface area contributed by atoms with Crippen LogP contribution >= 0.6 is 0 Å². The number of hydrogen-bond donors (Lipinski definition) is 1. The Morgan fingerprint density at radius 1 is 1.44 bits per heavy atom. The molecule has 1 rings (SSSR count). The zero-order valence-corrected chi connectivity index (χ0v) is 5.29. The fourth-order valence-corrected chi connectivity index (χ4v) is 0.991. The molecular formula is C6H11NO2. The minimum atomic E-state index is -0.179. The van der Waals surface area contributed by atoms with E-state index in [2.05, 4.69) is 0 Å². The van der Waals surface area contributed by atoms with E-state index < -0.39 is 0 Å². The lowest BCUT2D eigenvalue weighted by atomic mass is 10.1. The average Bonchev–Trinajstić information content (AvgIpc) is 1.90. The molecule has 1 amide bonds. The minimum Gasteiger partial charge on any atom is -0.393 e. The van der Waals surface area contributed by atoms with Crippen molar-refractivity contribution in [3.63, 3.8) is 0 Å². The molecule has 3 heteroatoms. The molecule has 52 valence electrons. The standard InChI is InChI=1S/C6H11NO2/c8-5-7-3-1-6(9)2-4-7/h5-6,9H,1-4H2. The van der Waals surface area contributed by atoms with E-state index in [0.29, 0.717) is 13.1 Å². The van der Waals surface area contributed by atoms with Crippen LogP contribution in [0.1, 0.15) is 12.8 Å². The Kier molecular flexibility index (Phi) is 2.05. The van der Waals surface area contributed by atoms with Gasteiger partial charge in [0.1, 0.15) is 0 Å². The molecule has 1 saturated heterocycles. The molecule has 0 aliphatic carbocycles. The van der Waals surface area contributed by atoms with Crippen molar-refractivity contribution in [1.29, 1.82) is 0 Å². The van der Waals surface area contributed by atoms with Crippen LogP contribution in [0.3, 0.4) is 0 Å². The number of nitrogens with zero attached hydrogens (tertiary/aromatic N) is 1. The first-order chi connectivity index (χ1) is 4.33. The van der Waals surface area contributed by atoms with Crippen LogP contribution in [0.4, 0.5) is 0 Å². The van der Waals surface area contributed by atoms with Crippen LogP contribution in [0.25, 0.3) is 0 Å². The van der Waals surface area contributed by atoms with Gasteiger partial charge in [-0.1, -0.05) is 0 Å². The molecule has 1 N–H and O–H groups in total. The smallest absolute Gasteiger partial charge is 0.209 e. The van der Waals surface area contributed by atoms with E-state index in [9.17, 15) is 4.79 Å². The second-order valence-electron chi connectivity index (χ2n) is 2.37. The molecule has 0 unspecified atom stereocenters. The number of carbonyl (C=O) groups excluding carboxylic acids is 1. The highest BCUT2D eigenvalue weighted by atomic mass is 16.3. The lowest BCUT2D eigenvalue weighted by molar-refractivity contribution is -0.119. The van der Waals surface area contributed by atoms with Crippen molar-refractivity contribution in [2.24, 2.45) is 0 Å². The first-order valence-electron chi connectivity index (χ1n) is 3.20. The van der Waals surface area contributed by atoms with Crippen molar-refractivity contribution in [2.75, 3.05) is 13.1 Å². The SMILES string of the molecule is O=CN1CCC(O)CC1. The van der Waals surface area contributed by atoms with E-state index >= 15 is 0 Å². The van der Waals surface area contributed by atoms with E-state index in [1.807, 2.05) is 0 Å². The van der Waals surface area contributed by atoms with Gasteiger partial charge in [0.2, 0.25) is 6.41 Å². The van der Waals surface area contributed by atoms with Crippen LogP contribution in [-0.2, 0) is 4.79 Å². The van der Waals surface area contributed by atoms with E-state index in [4.69, 9.17) is 5.11 Å². The van der Waals surface area contributed by atoms with Crippen molar-refractivity contribution in [3.05, 3.63) is 0 Å². The second-order valence-corrected chi connectivity index (χ2v) is 2.37. The first-order valence-corrected chi connectivity index (χ1v) is 3.20. The molecule has 0 spiro atoms. The van der Waals surface area contributed by atoms with Gasteiger partial charge in [-0.25, -0.2) is 0 Å². The topological polar surface area (TPSA) is 40.5 Å². The highest BCUT2D eigenvalue weighted by Crippen LogP contribution is 2.06. The van der Waals surface area contributed by atoms with Crippen molar-refractivity contribution in [1.82, 2.24) is 4.90 Å². The predicted molar refractivity (Wildman–Crippen MR) is 32.9 cm³/mol. The van der Waals surface area contributed by atoms with Crippen LogP contribution in [-0.4, -0.2) is 35.6 Å². The number of piperidine rings is 1. The summed E-state index contributed by atoms with van der Waals surface area (Å²) >= 11 is 0. The van der Waals surface area contributed by atoms with Gasteiger partial charge in [0.05, 0.1) is 6.10 Å². The van der Waals surface area contributed by atoms with Crippen molar-refractivity contribution in [3.8, 4) is 0 Å². The summed E-state index contributed by atoms with van der Waals surface area (Å²) in [5, 5.41) is 8.98. The number of aliphatic hydroxyl groups excluding tert-OH is 1. The predicted octanol–water partition coefficient (Wildman–Crippen LogP) is -0.401. The summed E-state index contributed by atoms with van der Waals surface area (Å²) in [6, 6.07) is 0. The largest absolute Gasteiger partial charge is 0.393 e. The Labute approximate surface area is 54.3 Å². The molecule has 3 nitrogen and oxygen atoms in total. The van der Waals surface area contributed by atoms with E-state index in [-0.39, 0.29) is 6.10 Å². The van der Waals surface area contributed by atoms with Gasteiger partial charge in [0.25, 0.3) is 0 Å². The Hall–Kier alpha value is -0.570. The van der Waals surface area contributed by atoms with Gasteiger partial charge in [0, 0.05) is 13.1 Å². The molecule has 1 aliphatic rings. The molecule has 9 heavy (non-hydrogen) atoms. The molecule has 0 saturated carbocycles. The summed E-state index contributed by atoms with van der Waals surface area (Å²) < 4.78 is 0. The quantitative estimate of drug-likeness (QED) is 0.489. The Morgan fingerprint density at radius 3 is 2.44 bits per heavy atom. The highest BCUT2D eigenvalue weighted by Gasteiger charge is 2.14. The van der Waals surface area contributed by atoms with Gasteiger partial charge >= 0.3 is 0 Å². The molecule has 0 aromatic heterocycles. The van der Waals surface area contributed by atoms with Gasteiger partial charge in [-0.05, 0) is 12.8 Å². The van der Waals surface area contributed by atoms with Gasteiger partial charge in [-0.3, -0.25) is 4.79 Å². The molecule has 0 aromatic rings. The molecule has 1 aliphatic heterocycles. The Morgan fingerprint density at radius 2 is 2.00 bits per heavy atom. The van der Waals surface area contributed by atoms with Crippen LogP contribution in [0.15, 0.2) is 0 Å². The van der Waals surface area contributed by atoms with Crippen LogP contribution in [0, 0.1) is 0 Å². The van der Waals surface area contributed by atoms with Gasteiger partial charge in [-0.2, -0.15) is 0 Å². The number of aliphatic hydroxyl groups is 1. The molecule has 0 radical (unpaired) electrons. The zero-order chi connectivity index (χ0) is 6.69. The molecule has 0 bridgehead atoms. The first kappa shape index (κ1) is 6.55. The Bertz CT molecular complexity index is 97.2. The molecule has 0 atom stereocenters. The van der Waals surface area contributed by atoms with E-state index in [0.717, 1.165) is 19.3 Å². The third-order valence-electron chi connectivity index (χ3n) is 1.65. The van der Waals surface area contributed by atoms with Crippen molar-refractivity contribution in [2.45, 2.75) is 18.9 Å². The monoisotopic (exact) mass is 129 g/mol. The lowest BCUT2D eigenvalue weighted by Gasteiger charge is -2.25. The molecule has 0 aromatic carbocycles. The van der Waals surface area contributed by atoms with Crippen LogP contribution < -0.4 is 0 Å². The maximum absolute atomic E-state index is 10.1. The summed E-state index contributed by atoms with van der Waals surface area (Å²) in [4.78, 5) is 11.8. The minimum absolute atomic E-state index is 0.179. The lowest BCUT2D eigenvalue weighted by Crippen LogP contribution is -2.34. The Balaban J connectivity index is 2.26. The number of amides is 1. The molecular weight excluding hydrogens is 118 g/mol. The van der Waals surface area contributed by atoms with E-state index in [1.165, 1.54) is 0 Å². The fraction of sp³-hybridized carbons (Fsp3) is 0.833. The fourth-order valence-electron chi connectivity index (χ4n) is 0.991. The summed E-state index contributed by atoms with van der Waals surface area (Å²) in [6.45, 7) is 1.43. The number of likely N-dealkylation sites (tertiary alicyclic amines) is 1. The second kappa shape index (κ2) is 2.82. The third kappa shape index (κ3) is 1.68. The number of rotatable bonds is 1. The average molecular weight is 129 g/mol. The van der Waals surface area contributed by atoms with Crippen LogP contribution in [0.5, 0.6) is 0 Å². The maximum atomic E-state index is 10.1. The summed E-state index contributed by atoms with van der Waals surface area (Å²) in [5.41, 5.74) is 0. The van der Waals surface area contributed by atoms with E-state index in [1.54, 1.807) is 4.90 Å². The van der Waals surface area contributed by atoms with Crippen LogP contribution in [0.2, 0.25) is 0 Å². The molecule has 1 heterocycles. The zero-order valence-electron chi connectivity index (χ0n) is 5.29. The summed E-state index contributed by atoms with van der Waals surface area (Å²) in [7, 11) is 0. The van der Waals surface area contributed by atoms with Gasteiger partial charge in [0.15, 0.2) is 0 Å². The van der Waals surface area contributed by atoms with Crippen molar-refractivity contribution < 1.29 is 9.90 Å². The summed E-state index contributed by atoms with van der Waals surface area (Å²) in [5.74, 6) is 0. The highest BCUT2D eigenvalue weighted by molar-refractivity contribution is 5.47. The van der Waals surface area contributed by atoms with Crippen molar-refractivity contribution >= 4 is 6.41 Å². The van der Waals surface area contributed by atoms with Gasteiger partial charge in [-0.15, -0.1) is 0 Å². The number of carbonyl (C=O) groups is 1. The normalized spacial score (nSPS) is 22.1. The molecule has 1 fully saturated rings. The number of hydrogen-bond acceptors (Lipinski definition) is 2. The third-order valence-corrected chi connectivity index (χ3v) is 1.65. The van der Waals surface area contributed by atoms with Gasteiger partial charge < -0.3 is 10.0 Å².